The number of aromatic nitrogens is 1. The average Bonchev–Trinajstić information content (AvgIpc) is 3.56. The maximum atomic E-state index is 13.5. The third-order valence-electron chi connectivity index (χ3n) is 6.77. The summed E-state index contributed by atoms with van der Waals surface area (Å²) in [6.07, 6.45) is 1.79. The Morgan fingerprint density at radius 2 is 1.77 bits per heavy atom. The van der Waals surface area contributed by atoms with Gasteiger partial charge in [0.1, 0.15) is 5.76 Å². The van der Waals surface area contributed by atoms with Crippen LogP contribution in [-0.2, 0) is 9.59 Å². The van der Waals surface area contributed by atoms with Crippen molar-refractivity contribution in [2.24, 2.45) is 0 Å². The zero-order valence-electron chi connectivity index (χ0n) is 19.2. The van der Waals surface area contributed by atoms with E-state index in [0.29, 0.717) is 28.3 Å². The standard InChI is InChI=1S/C28H22N2O5/c1-15-7-8-17(11-16(15)2)26(31)24-25(20-13-29-21-6-4-3-5-19(20)21)30(28(33)27(24)32)18-9-10-22-23(12-18)35-14-34-22/h3-13,25,29,31H,14H2,1-2H3/b26-24+. The summed E-state index contributed by atoms with van der Waals surface area (Å²) in [4.78, 5) is 31.6. The number of aryl methyl sites for hydroxylation is 2. The maximum Gasteiger partial charge on any atom is 0.300 e. The number of anilines is 1. The van der Waals surface area contributed by atoms with Gasteiger partial charge in [0, 0.05) is 40.0 Å². The van der Waals surface area contributed by atoms with Crippen LogP contribution in [0.5, 0.6) is 11.5 Å². The van der Waals surface area contributed by atoms with Crippen molar-refractivity contribution in [2.45, 2.75) is 19.9 Å². The number of fused-ring (bicyclic) bond motifs is 2. The van der Waals surface area contributed by atoms with E-state index in [1.165, 1.54) is 4.90 Å². The molecule has 1 aromatic heterocycles. The zero-order chi connectivity index (χ0) is 24.3. The van der Waals surface area contributed by atoms with Crippen molar-refractivity contribution < 1.29 is 24.2 Å². The Labute approximate surface area is 201 Å². The lowest BCUT2D eigenvalue weighted by Gasteiger charge is -2.25. The van der Waals surface area contributed by atoms with Crippen molar-refractivity contribution in [3.63, 3.8) is 0 Å². The van der Waals surface area contributed by atoms with E-state index in [0.717, 1.165) is 22.0 Å². The van der Waals surface area contributed by atoms with Crippen LogP contribution in [0.2, 0.25) is 0 Å². The molecule has 3 heterocycles. The molecule has 1 amide bonds. The highest BCUT2D eigenvalue weighted by Gasteiger charge is 2.48. The number of nitrogens with zero attached hydrogens (tertiary/aromatic N) is 1. The Balaban J connectivity index is 1.60. The van der Waals surface area contributed by atoms with Crippen LogP contribution >= 0.6 is 0 Å². The van der Waals surface area contributed by atoms with Gasteiger partial charge in [-0.15, -0.1) is 0 Å². The first-order valence-corrected chi connectivity index (χ1v) is 11.3. The molecular weight excluding hydrogens is 444 g/mol. The Bertz CT molecular complexity index is 1560. The Hall–Kier alpha value is -4.52. The van der Waals surface area contributed by atoms with Gasteiger partial charge in [-0.3, -0.25) is 14.5 Å². The summed E-state index contributed by atoms with van der Waals surface area (Å²) in [5.74, 6) is -0.594. The number of nitrogens with one attached hydrogen (secondary N) is 1. The fourth-order valence-electron chi connectivity index (χ4n) is 4.79. The van der Waals surface area contributed by atoms with Gasteiger partial charge in [-0.05, 0) is 49.2 Å². The number of ether oxygens (including phenoxy) is 2. The molecule has 1 fully saturated rings. The molecule has 174 valence electrons. The number of Topliss-reactive ketones (excluding diaryl/α,β-unsaturated/α-hetero) is 1. The zero-order valence-corrected chi connectivity index (χ0v) is 19.2. The molecule has 35 heavy (non-hydrogen) atoms. The SMILES string of the molecule is Cc1ccc(/C(O)=C2\C(=O)C(=O)N(c3ccc4c(c3)OCO4)C2c2c[nH]c3ccccc23)cc1C. The van der Waals surface area contributed by atoms with Gasteiger partial charge < -0.3 is 19.6 Å². The number of ketones is 1. The van der Waals surface area contributed by atoms with Crippen LogP contribution in [0.3, 0.4) is 0 Å². The number of aromatic amines is 1. The van der Waals surface area contributed by atoms with E-state index in [2.05, 4.69) is 4.98 Å². The third-order valence-corrected chi connectivity index (χ3v) is 6.77. The van der Waals surface area contributed by atoms with Crippen molar-refractivity contribution in [1.29, 1.82) is 0 Å². The largest absolute Gasteiger partial charge is 0.507 e. The quantitative estimate of drug-likeness (QED) is 0.248. The van der Waals surface area contributed by atoms with Crippen molar-refractivity contribution in [3.8, 4) is 11.5 Å². The van der Waals surface area contributed by atoms with Crippen molar-refractivity contribution >= 4 is 34.0 Å². The molecule has 1 unspecified atom stereocenters. The van der Waals surface area contributed by atoms with Crippen molar-refractivity contribution in [1.82, 2.24) is 4.98 Å². The van der Waals surface area contributed by atoms with Gasteiger partial charge in [-0.25, -0.2) is 0 Å². The van der Waals surface area contributed by atoms with E-state index in [-0.39, 0.29) is 18.1 Å². The van der Waals surface area contributed by atoms with E-state index in [4.69, 9.17) is 9.47 Å². The lowest BCUT2D eigenvalue weighted by molar-refractivity contribution is -0.132. The lowest BCUT2D eigenvalue weighted by Crippen LogP contribution is -2.29. The molecule has 0 spiro atoms. The molecule has 7 nitrogen and oxygen atoms in total. The first-order chi connectivity index (χ1) is 16.9. The highest BCUT2D eigenvalue weighted by atomic mass is 16.7. The minimum atomic E-state index is -0.840. The maximum absolute atomic E-state index is 13.5. The monoisotopic (exact) mass is 466 g/mol. The molecule has 2 N–H and O–H groups in total. The number of benzene rings is 3. The lowest BCUT2D eigenvalue weighted by atomic mass is 9.94. The van der Waals surface area contributed by atoms with Gasteiger partial charge in [-0.1, -0.05) is 30.3 Å². The van der Waals surface area contributed by atoms with Crippen LogP contribution in [0.25, 0.3) is 16.7 Å². The molecule has 0 bridgehead atoms. The number of H-pyrrole nitrogens is 1. The van der Waals surface area contributed by atoms with Gasteiger partial charge in [-0.2, -0.15) is 0 Å². The van der Waals surface area contributed by atoms with Crippen LogP contribution in [0.1, 0.15) is 28.3 Å². The summed E-state index contributed by atoms with van der Waals surface area (Å²) >= 11 is 0. The van der Waals surface area contributed by atoms with Gasteiger partial charge in [0.05, 0.1) is 11.6 Å². The summed E-state index contributed by atoms with van der Waals surface area (Å²) in [5.41, 5.74) is 4.62. The normalized spacial score (nSPS) is 18.6. The van der Waals surface area contributed by atoms with Crippen LogP contribution in [0.15, 0.2) is 72.4 Å². The number of hydrogen-bond acceptors (Lipinski definition) is 5. The second-order valence-electron chi connectivity index (χ2n) is 8.80. The van der Waals surface area contributed by atoms with Crippen LogP contribution in [0, 0.1) is 13.8 Å². The van der Waals surface area contributed by atoms with E-state index in [9.17, 15) is 14.7 Å². The van der Waals surface area contributed by atoms with Gasteiger partial charge in [0.2, 0.25) is 6.79 Å². The molecule has 1 atom stereocenters. The molecular formula is C28H22N2O5. The molecule has 0 radical (unpaired) electrons. The molecule has 6 rings (SSSR count). The summed E-state index contributed by atoms with van der Waals surface area (Å²) in [6, 6.07) is 17.4. The molecule has 7 heteroatoms. The second-order valence-corrected chi connectivity index (χ2v) is 8.80. The van der Waals surface area contributed by atoms with E-state index in [1.807, 2.05) is 50.2 Å². The first kappa shape index (κ1) is 21.0. The predicted molar refractivity (Wildman–Crippen MR) is 132 cm³/mol. The van der Waals surface area contributed by atoms with Crippen molar-refractivity contribution in [2.75, 3.05) is 11.7 Å². The topological polar surface area (TPSA) is 91.9 Å². The Kier molecular flexibility index (Phi) is 4.67. The van der Waals surface area contributed by atoms with Crippen LogP contribution in [-0.4, -0.2) is 28.6 Å². The number of rotatable bonds is 3. The molecule has 0 saturated carbocycles. The van der Waals surface area contributed by atoms with Crippen molar-refractivity contribution in [3.05, 3.63) is 94.7 Å². The Morgan fingerprint density at radius 1 is 0.971 bits per heavy atom. The smallest absolute Gasteiger partial charge is 0.300 e. The highest BCUT2D eigenvalue weighted by Crippen LogP contribution is 2.46. The average molecular weight is 466 g/mol. The third kappa shape index (κ3) is 3.19. The van der Waals surface area contributed by atoms with Crippen LogP contribution < -0.4 is 14.4 Å². The molecule has 2 aliphatic heterocycles. The number of carbonyl (C=O) groups excluding carboxylic acids is 2. The van der Waals surface area contributed by atoms with E-state index in [1.54, 1.807) is 30.5 Å². The van der Waals surface area contributed by atoms with E-state index >= 15 is 0 Å². The molecule has 2 aliphatic rings. The van der Waals surface area contributed by atoms with Crippen LogP contribution in [0.4, 0.5) is 5.69 Å². The van der Waals surface area contributed by atoms with E-state index < -0.39 is 17.7 Å². The summed E-state index contributed by atoms with van der Waals surface area (Å²) in [5, 5.41) is 12.3. The van der Waals surface area contributed by atoms with Gasteiger partial charge in [0.15, 0.2) is 11.5 Å². The van der Waals surface area contributed by atoms with Gasteiger partial charge in [0.25, 0.3) is 11.7 Å². The number of aliphatic hydroxyl groups excluding tert-OH is 1. The minimum absolute atomic E-state index is 0.0423. The highest BCUT2D eigenvalue weighted by molar-refractivity contribution is 6.52. The number of aliphatic hydroxyl groups is 1. The number of hydrogen-bond donors (Lipinski definition) is 2. The minimum Gasteiger partial charge on any atom is -0.507 e. The fourth-order valence-corrected chi connectivity index (χ4v) is 4.79. The predicted octanol–water partition coefficient (Wildman–Crippen LogP) is 5.14. The summed E-state index contributed by atoms with van der Waals surface area (Å²) in [6.45, 7) is 4.01. The number of amides is 1. The fraction of sp³-hybridized carbons (Fsp3) is 0.143. The van der Waals surface area contributed by atoms with Gasteiger partial charge >= 0.3 is 0 Å². The first-order valence-electron chi connectivity index (χ1n) is 11.3. The Morgan fingerprint density at radius 3 is 2.60 bits per heavy atom. The molecule has 3 aromatic carbocycles. The number of carbonyl (C=O) groups is 2. The second kappa shape index (κ2) is 7.77. The summed E-state index contributed by atoms with van der Waals surface area (Å²) in [7, 11) is 0. The summed E-state index contributed by atoms with van der Waals surface area (Å²) < 4.78 is 10.9. The molecule has 1 saturated heterocycles. The molecule has 4 aromatic rings. The number of para-hydroxylation sites is 1. The molecule has 0 aliphatic carbocycles.